The van der Waals surface area contributed by atoms with Gasteiger partial charge in [0.05, 0.1) is 12.2 Å². The van der Waals surface area contributed by atoms with E-state index in [2.05, 4.69) is 6.58 Å². The van der Waals surface area contributed by atoms with Crippen LogP contribution in [0.2, 0.25) is 0 Å². The predicted molar refractivity (Wildman–Crippen MR) is 76.1 cm³/mol. The molecule has 0 amide bonds. The summed E-state index contributed by atoms with van der Waals surface area (Å²) in [6.07, 6.45) is 4.29. The van der Waals surface area contributed by atoms with Crippen LogP contribution in [0.4, 0.5) is 0 Å². The number of aliphatic hydroxyl groups excluding tert-OH is 2. The normalized spacial score (nSPS) is 35.0. The standard InChI is InChI=1S/C16H24O4/c1-3-20-7-6-11(17)4-5-12-13-8-10(2)16(19)14(13)9-15(12)18/h4-5,11-15,17-18H,2-3,6-9H2,1H3/b5-4+/t11-,12+,13+,14+,15-/m1/s1. The number of ketones is 1. The van der Waals surface area contributed by atoms with Gasteiger partial charge in [0, 0.05) is 31.5 Å². The summed E-state index contributed by atoms with van der Waals surface area (Å²) in [5.41, 5.74) is 0.683. The minimum absolute atomic E-state index is 0.0510. The fourth-order valence-electron chi connectivity index (χ4n) is 3.34. The van der Waals surface area contributed by atoms with Crippen LogP contribution in [0.15, 0.2) is 24.3 Å². The van der Waals surface area contributed by atoms with E-state index in [1.165, 1.54) is 0 Å². The van der Waals surface area contributed by atoms with E-state index in [-0.39, 0.29) is 23.5 Å². The van der Waals surface area contributed by atoms with E-state index in [0.29, 0.717) is 38.0 Å². The van der Waals surface area contributed by atoms with E-state index < -0.39 is 12.2 Å². The molecule has 2 rings (SSSR count). The number of carbonyl (C=O) groups is 1. The molecule has 0 aromatic heterocycles. The lowest BCUT2D eigenvalue weighted by molar-refractivity contribution is -0.118. The van der Waals surface area contributed by atoms with Gasteiger partial charge in [0.25, 0.3) is 0 Å². The second kappa shape index (κ2) is 6.66. The van der Waals surface area contributed by atoms with Crippen molar-refractivity contribution in [2.45, 2.75) is 38.4 Å². The molecule has 112 valence electrons. The Hall–Kier alpha value is -0.970. The number of fused-ring (bicyclic) bond motifs is 1. The first-order valence-corrected chi connectivity index (χ1v) is 7.38. The number of aliphatic hydroxyl groups is 2. The molecule has 2 N–H and O–H groups in total. The number of carbonyl (C=O) groups excluding carboxylic acids is 1. The molecule has 0 aromatic carbocycles. The summed E-state index contributed by atoms with van der Waals surface area (Å²) >= 11 is 0. The summed E-state index contributed by atoms with van der Waals surface area (Å²) in [5, 5.41) is 19.9. The number of ether oxygens (including phenoxy) is 1. The third kappa shape index (κ3) is 3.19. The molecule has 2 aliphatic rings. The van der Waals surface area contributed by atoms with Crippen LogP contribution in [0.3, 0.4) is 0 Å². The molecule has 2 saturated carbocycles. The zero-order valence-corrected chi connectivity index (χ0v) is 12.0. The van der Waals surface area contributed by atoms with Gasteiger partial charge in [-0.2, -0.15) is 0 Å². The minimum Gasteiger partial charge on any atom is -0.392 e. The van der Waals surface area contributed by atoms with Crippen molar-refractivity contribution in [2.24, 2.45) is 17.8 Å². The monoisotopic (exact) mass is 280 g/mol. The van der Waals surface area contributed by atoms with Gasteiger partial charge < -0.3 is 14.9 Å². The lowest BCUT2D eigenvalue weighted by Crippen LogP contribution is -2.17. The second-order valence-electron chi connectivity index (χ2n) is 5.76. The van der Waals surface area contributed by atoms with E-state index in [1.807, 2.05) is 13.0 Å². The van der Waals surface area contributed by atoms with E-state index in [0.717, 1.165) is 0 Å². The molecule has 20 heavy (non-hydrogen) atoms. The topological polar surface area (TPSA) is 66.8 Å². The third-order valence-corrected chi connectivity index (χ3v) is 4.44. The van der Waals surface area contributed by atoms with Crippen molar-refractivity contribution in [3.8, 4) is 0 Å². The van der Waals surface area contributed by atoms with Crippen LogP contribution in [0, 0.1) is 17.8 Å². The molecule has 0 bridgehead atoms. The van der Waals surface area contributed by atoms with Crippen LogP contribution in [0.1, 0.15) is 26.2 Å². The van der Waals surface area contributed by atoms with Crippen molar-refractivity contribution in [3.05, 3.63) is 24.3 Å². The Morgan fingerprint density at radius 3 is 3.00 bits per heavy atom. The van der Waals surface area contributed by atoms with Gasteiger partial charge in [0.15, 0.2) is 5.78 Å². The lowest BCUT2D eigenvalue weighted by atomic mass is 9.90. The Morgan fingerprint density at radius 2 is 2.30 bits per heavy atom. The SMILES string of the molecule is C=C1C[C@H]2[C@H](/C=C/[C@@H](O)CCOCC)[C@H](O)C[C@@H]2C1=O. The maximum absolute atomic E-state index is 11.9. The first kappa shape index (κ1) is 15.4. The number of hydrogen-bond donors (Lipinski definition) is 2. The van der Waals surface area contributed by atoms with Crippen LogP contribution in [-0.2, 0) is 9.53 Å². The van der Waals surface area contributed by atoms with Crippen LogP contribution in [0.25, 0.3) is 0 Å². The molecule has 4 nitrogen and oxygen atoms in total. The average Bonchev–Trinajstić information content (AvgIpc) is 2.85. The van der Waals surface area contributed by atoms with E-state index >= 15 is 0 Å². The smallest absolute Gasteiger partial charge is 0.161 e. The zero-order chi connectivity index (χ0) is 14.7. The van der Waals surface area contributed by atoms with Gasteiger partial charge in [0.2, 0.25) is 0 Å². The first-order chi connectivity index (χ1) is 9.54. The molecular formula is C16H24O4. The van der Waals surface area contributed by atoms with Crippen LogP contribution in [0.5, 0.6) is 0 Å². The third-order valence-electron chi connectivity index (χ3n) is 4.44. The highest BCUT2D eigenvalue weighted by Gasteiger charge is 2.49. The molecule has 4 heteroatoms. The molecule has 0 spiro atoms. The van der Waals surface area contributed by atoms with Gasteiger partial charge in [-0.1, -0.05) is 18.7 Å². The fraction of sp³-hybridized carbons (Fsp3) is 0.688. The Morgan fingerprint density at radius 1 is 1.55 bits per heavy atom. The van der Waals surface area contributed by atoms with E-state index in [4.69, 9.17) is 4.74 Å². The van der Waals surface area contributed by atoms with Crippen molar-refractivity contribution in [3.63, 3.8) is 0 Å². The van der Waals surface area contributed by atoms with Gasteiger partial charge in [0.1, 0.15) is 0 Å². The Bertz CT molecular complexity index is 401. The quantitative estimate of drug-likeness (QED) is 0.439. The molecule has 0 saturated heterocycles. The van der Waals surface area contributed by atoms with E-state index in [9.17, 15) is 15.0 Å². The van der Waals surface area contributed by atoms with Crippen molar-refractivity contribution in [1.82, 2.24) is 0 Å². The Labute approximate surface area is 120 Å². The van der Waals surface area contributed by atoms with Gasteiger partial charge in [-0.3, -0.25) is 4.79 Å². The summed E-state index contributed by atoms with van der Waals surface area (Å²) in [4.78, 5) is 11.9. The molecular weight excluding hydrogens is 256 g/mol. The van der Waals surface area contributed by atoms with E-state index in [1.54, 1.807) is 6.08 Å². The first-order valence-electron chi connectivity index (χ1n) is 7.38. The number of allylic oxidation sites excluding steroid dienone is 1. The highest BCUT2D eigenvalue weighted by molar-refractivity contribution is 5.99. The van der Waals surface area contributed by atoms with Crippen LogP contribution < -0.4 is 0 Å². The number of rotatable bonds is 6. The summed E-state index contributed by atoms with van der Waals surface area (Å²) in [5.74, 6) is 0.139. The predicted octanol–water partition coefficient (Wildman–Crippen LogP) is 1.47. The Kier molecular flexibility index (Phi) is 5.13. The molecule has 0 heterocycles. The summed E-state index contributed by atoms with van der Waals surface area (Å²) in [6, 6.07) is 0. The molecule has 2 fully saturated rings. The van der Waals surface area contributed by atoms with Crippen molar-refractivity contribution in [1.29, 1.82) is 0 Å². The lowest BCUT2D eigenvalue weighted by Gasteiger charge is -2.17. The van der Waals surface area contributed by atoms with Gasteiger partial charge in [-0.05, 0) is 31.3 Å². The van der Waals surface area contributed by atoms with Crippen molar-refractivity contribution in [2.75, 3.05) is 13.2 Å². The fourth-order valence-corrected chi connectivity index (χ4v) is 3.34. The van der Waals surface area contributed by atoms with Crippen molar-refractivity contribution >= 4 is 5.78 Å². The molecule has 2 aliphatic carbocycles. The highest BCUT2D eigenvalue weighted by atomic mass is 16.5. The maximum Gasteiger partial charge on any atom is 0.161 e. The largest absolute Gasteiger partial charge is 0.392 e. The average molecular weight is 280 g/mol. The summed E-state index contributed by atoms with van der Waals surface area (Å²) in [7, 11) is 0. The molecule has 5 atom stereocenters. The van der Waals surface area contributed by atoms with Gasteiger partial charge in [-0.25, -0.2) is 0 Å². The molecule has 0 aromatic rings. The van der Waals surface area contributed by atoms with Crippen LogP contribution >= 0.6 is 0 Å². The molecule has 0 radical (unpaired) electrons. The zero-order valence-electron chi connectivity index (χ0n) is 12.0. The molecule has 0 unspecified atom stereocenters. The highest BCUT2D eigenvalue weighted by Crippen LogP contribution is 2.48. The summed E-state index contributed by atoms with van der Waals surface area (Å²) in [6.45, 7) is 6.89. The minimum atomic E-state index is -0.562. The van der Waals surface area contributed by atoms with Crippen LogP contribution in [-0.4, -0.2) is 41.4 Å². The Balaban J connectivity index is 1.91. The summed E-state index contributed by atoms with van der Waals surface area (Å²) < 4.78 is 5.20. The van der Waals surface area contributed by atoms with Crippen molar-refractivity contribution < 1.29 is 19.7 Å². The van der Waals surface area contributed by atoms with Gasteiger partial charge >= 0.3 is 0 Å². The number of Topliss-reactive ketones (excluding diaryl/α,β-unsaturated/α-hetero) is 1. The maximum atomic E-state index is 11.9. The second-order valence-corrected chi connectivity index (χ2v) is 5.76. The molecule has 0 aliphatic heterocycles. The number of hydrogen-bond acceptors (Lipinski definition) is 4. The van der Waals surface area contributed by atoms with Gasteiger partial charge in [-0.15, -0.1) is 0 Å².